The summed E-state index contributed by atoms with van der Waals surface area (Å²) < 4.78 is 11.9. The zero-order valence-electron chi connectivity index (χ0n) is 17.7. The molecule has 0 aromatic heterocycles. The van der Waals surface area contributed by atoms with E-state index >= 15 is 0 Å². The fourth-order valence-electron chi connectivity index (χ4n) is 2.58. The van der Waals surface area contributed by atoms with Crippen LogP contribution in [-0.2, 0) is 9.47 Å². The zero-order valence-corrected chi connectivity index (χ0v) is 17.7. The topological polar surface area (TPSA) is 18.5 Å². The van der Waals surface area contributed by atoms with Gasteiger partial charge in [0.1, 0.15) is 0 Å². The summed E-state index contributed by atoms with van der Waals surface area (Å²) >= 11 is 0. The highest BCUT2D eigenvalue weighted by Crippen LogP contribution is 2.23. The SMILES string of the molecule is CCCCCC/C=C/COC(OC/C=C/CCCCCC)C(C)(C)C. The van der Waals surface area contributed by atoms with Gasteiger partial charge in [0.25, 0.3) is 0 Å². The molecule has 0 bridgehead atoms. The van der Waals surface area contributed by atoms with Crippen molar-refractivity contribution in [1.29, 1.82) is 0 Å². The standard InChI is InChI=1S/C23H44O2/c1-6-8-10-12-14-16-18-20-24-22(23(3,4)5)25-21-19-17-15-13-11-9-7-2/h16-19,22H,6-15,20-21H2,1-5H3/b18-16+,19-17+. The third-order valence-electron chi connectivity index (χ3n) is 4.18. The van der Waals surface area contributed by atoms with Gasteiger partial charge in [0.15, 0.2) is 6.29 Å². The van der Waals surface area contributed by atoms with Gasteiger partial charge in [-0.1, -0.05) is 97.4 Å². The summed E-state index contributed by atoms with van der Waals surface area (Å²) in [5.74, 6) is 0. The second kappa shape index (κ2) is 16.8. The molecule has 0 aliphatic rings. The van der Waals surface area contributed by atoms with E-state index < -0.39 is 0 Å². The Morgan fingerprint density at radius 3 is 1.44 bits per heavy atom. The van der Waals surface area contributed by atoms with E-state index in [0.717, 1.165) is 12.8 Å². The van der Waals surface area contributed by atoms with Crippen LogP contribution in [0.2, 0.25) is 0 Å². The van der Waals surface area contributed by atoms with Gasteiger partial charge in [0, 0.05) is 5.41 Å². The van der Waals surface area contributed by atoms with Gasteiger partial charge in [-0.3, -0.25) is 0 Å². The molecule has 0 saturated heterocycles. The maximum Gasteiger partial charge on any atom is 0.163 e. The molecule has 0 heterocycles. The van der Waals surface area contributed by atoms with E-state index in [1.807, 2.05) is 0 Å². The Bertz CT molecular complexity index is 299. The lowest BCUT2D eigenvalue weighted by molar-refractivity contribution is -0.181. The van der Waals surface area contributed by atoms with Crippen molar-refractivity contribution in [2.45, 2.75) is 105 Å². The summed E-state index contributed by atoms with van der Waals surface area (Å²) in [5, 5.41) is 0. The Kier molecular flexibility index (Phi) is 16.4. The minimum Gasteiger partial charge on any atom is -0.348 e. The van der Waals surface area contributed by atoms with Crippen LogP contribution >= 0.6 is 0 Å². The average Bonchev–Trinajstić information content (AvgIpc) is 2.56. The molecule has 0 amide bonds. The molecule has 0 aliphatic carbocycles. The number of ether oxygens (including phenoxy) is 2. The van der Waals surface area contributed by atoms with E-state index in [1.54, 1.807) is 0 Å². The Labute approximate surface area is 158 Å². The van der Waals surface area contributed by atoms with Crippen LogP contribution in [0.4, 0.5) is 0 Å². The van der Waals surface area contributed by atoms with E-state index in [1.165, 1.54) is 51.4 Å². The lowest BCUT2D eigenvalue weighted by Gasteiger charge is -2.29. The van der Waals surface area contributed by atoms with Gasteiger partial charge in [0.2, 0.25) is 0 Å². The van der Waals surface area contributed by atoms with E-state index in [-0.39, 0.29) is 11.7 Å². The molecule has 0 N–H and O–H groups in total. The van der Waals surface area contributed by atoms with Crippen LogP contribution < -0.4 is 0 Å². The lowest BCUT2D eigenvalue weighted by atomic mass is 9.96. The second-order valence-electron chi connectivity index (χ2n) is 8.01. The van der Waals surface area contributed by atoms with Crippen LogP contribution in [0, 0.1) is 5.41 Å². The number of hydrogen-bond acceptors (Lipinski definition) is 2. The van der Waals surface area contributed by atoms with Crippen molar-refractivity contribution in [3.8, 4) is 0 Å². The molecule has 0 atom stereocenters. The summed E-state index contributed by atoms with van der Waals surface area (Å²) in [7, 11) is 0. The van der Waals surface area contributed by atoms with Crippen molar-refractivity contribution in [3.63, 3.8) is 0 Å². The molecule has 0 aromatic rings. The van der Waals surface area contributed by atoms with Gasteiger partial charge in [-0.05, 0) is 25.7 Å². The Balaban J connectivity index is 3.90. The molecular weight excluding hydrogens is 308 g/mol. The van der Waals surface area contributed by atoms with Crippen LogP contribution in [0.5, 0.6) is 0 Å². The van der Waals surface area contributed by atoms with Crippen molar-refractivity contribution >= 4 is 0 Å². The third-order valence-corrected chi connectivity index (χ3v) is 4.18. The maximum atomic E-state index is 5.95. The monoisotopic (exact) mass is 352 g/mol. The first-order valence-corrected chi connectivity index (χ1v) is 10.6. The highest BCUT2D eigenvalue weighted by atomic mass is 16.7. The van der Waals surface area contributed by atoms with Gasteiger partial charge < -0.3 is 9.47 Å². The molecule has 2 heteroatoms. The first kappa shape index (κ1) is 24.4. The van der Waals surface area contributed by atoms with Crippen molar-refractivity contribution in [2.24, 2.45) is 5.41 Å². The van der Waals surface area contributed by atoms with E-state index in [9.17, 15) is 0 Å². The molecule has 0 saturated carbocycles. The summed E-state index contributed by atoms with van der Waals surface area (Å²) in [5.41, 5.74) is -0.00999. The molecule has 0 radical (unpaired) electrons. The predicted octanol–water partition coefficient (Wildman–Crippen LogP) is 7.45. The van der Waals surface area contributed by atoms with Crippen LogP contribution in [-0.4, -0.2) is 19.5 Å². The van der Waals surface area contributed by atoms with Gasteiger partial charge in [-0.25, -0.2) is 0 Å². The number of hydrogen-bond donors (Lipinski definition) is 0. The first-order chi connectivity index (χ1) is 12.0. The van der Waals surface area contributed by atoms with E-state index in [2.05, 4.69) is 58.9 Å². The van der Waals surface area contributed by atoms with Crippen molar-refractivity contribution in [2.75, 3.05) is 13.2 Å². The first-order valence-electron chi connectivity index (χ1n) is 10.6. The van der Waals surface area contributed by atoms with Crippen LogP contribution in [0.1, 0.15) is 98.8 Å². The fraction of sp³-hybridized carbons (Fsp3) is 0.826. The molecule has 2 nitrogen and oxygen atoms in total. The largest absolute Gasteiger partial charge is 0.348 e. The molecule has 0 rings (SSSR count). The maximum absolute atomic E-state index is 5.95. The summed E-state index contributed by atoms with van der Waals surface area (Å²) in [6.45, 7) is 12.3. The highest BCUT2D eigenvalue weighted by Gasteiger charge is 2.25. The zero-order chi connectivity index (χ0) is 18.8. The normalized spacial score (nSPS) is 12.9. The molecule has 0 unspecified atom stereocenters. The number of unbranched alkanes of at least 4 members (excludes halogenated alkanes) is 8. The van der Waals surface area contributed by atoms with E-state index in [4.69, 9.17) is 9.47 Å². The summed E-state index contributed by atoms with van der Waals surface area (Å²) in [4.78, 5) is 0. The van der Waals surface area contributed by atoms with Gasteiger partial charge in [-0.2, -0.15) is 0 Å². The number of rotatable bonds is 16. The minimum absolute atomic E-state index is 0.00999. The molecule has 148 valence electrons. The summed E-state index contributed by atoms with van der Waals surface area (Å²) in [6.07, 6.45) is 21.4. The van der Waals surface area contributed by atoms with Gasteiger partial charge in [-0.15, -0.1) is 0 Å². The lowest BCUT2D eigenvalue weighted by Crippen LogP contribution is -2.32. The van der Waals surface area contributed by atoms with Crippen molar-refractivity contribution in [1.82, 2.24) is 0 Å². The van der Waals surface area contributed by atoms with Crippen LogP contribution in [0.3, 0.4) is 0 Å². The average molecular weight is 353 g/mol. The molecule has 0 aromatic carbocycles. The molecular formula is C23H44O2. The molecule has 0 spiro atoms. The number of allylic oxidation sites excluding steroid dienone is 2. The van der Waals surface area contributed by atoms with Crippen LogP contribution in [0.25, 0.3) is 0 Å². The highest BCUT2D eigenvalue weighted by molar-refractivity contribution is 4.84. The Morgan fingerprint density at radius 2 is 1.08 bits per heavy atom. The molecule has 0 fully saturated rings. The summed E-state index contributed by atoms with van der Waals surface area (Å²) in [6, 6.07) is 0. The molecule has 25 heavy (non-hydrogen) atoms. The minimum atomic E-state index is -0.165. The molecule has 0 aliphatic heterocycles. The Morgan fingerprint density at radius 1 is 0.640 bits per heavy atom. The fourth-order valence-corrected chi connectivity index (χ4v) is 2.58. The quantitative estimate of drug-likeness (QED) is 0.163. The van der Waals surface area contributed by atoms with Gasteiger partial charge >= 0.3 is 0 Å². The smallest absolute Gasteiger partial charge is 0.163 e. The van der Waals surface area contributed by atoms with Crippen LogP contribution in [0.15, 0.2) is 24.3 Å². The van der Waals surface area contributed by atoms with Crippen molar-refractivity contribution in [3.05, 3.63) is 24.3 Å². The third kappa shape index (κ3) is 16.6. The van der Waals surface area contributed by atoms with Gasteiger partial charge in [0.05, 0.1) is 13.2 Å². The Hall–Kier alpha value is -0.600. The van der Waals surface area contributed by atoms with Crippen molar-refractivity contribution < 1.29 is 9.47 Å². The second-order valence-corrected chi connectivity index (χ2v) is 8.01. The predicted molar refractivity (Wildman–Crippen MR) is 111 cm³/mol. The van der Waals surface area contributed by atoms with E-state index in [0.29, 0.717) is 13.2 Å².